The fourth-order valence-electron chi connectivity index (χ4n) is 2.36. The summed E-state index contributed by atoms with van der Waals surface area (Å²) in [6.07, 6.45) is 5.48. The molecule has 6 nitrogen and oxygen atoms in total. The maximum atomic E-state index is 12.1. The van der Waals surface area contributed by atoms with Crippen molar-refractivity contribution in [3.05, 3.63) is 59.9 Å². The predicted octanol–water partition coefficient (Wildman–Crippen LogP) is 2.26. The number of carbonyl (C=O) groups excluding carboxylic acids is 1. The predicted molar refractivity (Wildman–Crippen MR) is 94.0 cm³/mol. The number of nitrogens with zero attached hydrogens (tertiary/aromatic N) is 1. The lowest BCUT2D eigenvalue weighted by Crippen LogP contribution is -2.27. The number of aryl methyl sites for hydroxylation is 1. The molecule has 0 bridgehead atoms. The van der Waals surface area contributed by atoms with Gasteiger partial charge in [0.15, 0.2) is 0 Å². The van der Waals surface area contributed by atoms with E-state index in [9.17, 15) is 13.2 Å². The second-order valence-corrected chi connectivity index (χ2v) is 7.36. The number of aromatic nitrogens is 1. The molecule has 0 radical (unpaired) electrons. The molecule has 1 aromatic heterocycles. The van der Waals surface area contributed by atoms with Gasteiger partial charge in [-0.15, -0.1) is 0 Å². The zero-order valence-corrected chi connectivity index (χ0v) is 14.5. The molecule has 0 fully saturated rings. The first kappa shape index (κ1) is 17.9. The Hall–Kier alpha value is -2.41. The number of para-hydroxylation sites is 1. The highest BCUT2D eigenvalue weighted by Gasteiger charge is 2.15. The molecule has 1 amide bonds. The molecule has 0 aliphatic rings. The summed E-state index contributed by atoms with van der Waals surface area (Å²) in [4.78, 5) is 16.1. The smallest absolute Gasteiger partial charge is 0.229 e. The Morgan fingerprint density at radius 2 is 1.96 bits per heavy atom. The maximum Gasteiger partial charge on any atom is 0.229 e. The summed E-state index contributed by atoms with van der Waals surface area (Å²) >= 11 is 0. The first-order valence-corrected chi connectivity index (χ1v) is 9.49. The van der Waals surface area contributed by atoms with E-state index in [1.54, 1.807) is 36.7 Å². The number of rotatable bonds is 7. The number of pyridine rings is 1. The summed E-state index contributed by atoms with van der Waals surface area (Å²) in [5.41, 5.74) is 2.19. The number of hydrogen-bond donors (Lipinski definition) is 2. The largest absolute Gasteiger partial charge is 0.349 e. The zero-order valence-electron chi connectivity index (χ0n) is 13.7. The van der Waals surface area contributed by atoms with E-state index in [-0.39, 0.29) is 11.9 Å². The van der Waals surface area contributed by atoms with Gasteiger partial charge in [0.2, 0.25) is 15.9 Å². The summed E-state index contributed by atoms with van der Waals surface area (Å²) in [5.74, 6) is -0.0967. The lowest BCUT2D eigenvalue weighted by Gasteiger charge is -2.18. The SMILES string of the molecule is CC(NC(=O)CCc1cccnc1)c1ccccc1NS(C)(=O)=O. The molecule has 1 heterocycles. The van der Waals surface area contributed by atoms with E-state index in [0.717, 1.165) is 17.4 Å². The van der Waals surface area contributed by atoms with Crippen molar-refractivity contribution in [3.63, 3.8) is 0 Å². The summed E-state index contributed by atoms with van der Waals surface area (Å²) in [7, 11) is -3.38. The maximum absolute atomic E-state index is 12.1. The Morgan fingerprint density at radius 1 is 1.21 bits per heavy atom. The van der Waals surface area contributed by atoms with Gasteiger partial charge < -0.3 is 5.32 Å². The van der Waals surface area contributed by atoms with Crippen LogP contribution in [0.1, 0.15) is 30.5 Å². The van der Waals surface area contributed by atoms with Crippen molar-refractivity contribution in [2.24, 2.45) is 0 Å². The summed E-state index contributed by atoms with van der Waals surface area (Å²) < 4.78 is 25.4. The zero-order chi connectivity index (χ0) is 17.6. The Bertz CT molecular complexity index is 792. The van der Waals surface area contributed by atoms with Crippen LogP contribution in [0, 0.1) is 0 Å². The summed E-state index contributed by atoms with van der Waals surface area (Å²) in [6.45, 7) is 1.82. The Balaban J connectivity index is 1.99. The number of amides is 1. The quantitative estimate of drug-likeness (QED) is 0.804. The third-order valence-electron chi connectivity index (χ3n) is 3.46. The van der Waals surface area contributed by atoms with Crippen molar-refractivity contribution in [2.75, 3.05) is 11.0 Å². The van der Waals surface area contributed by atoms with Gasteiger partial charge in [0.05, 0.1) is 18.0 Å². The van der Waals surface area contributed by atoms with Crippen LogP contribution in [0.25, 0.3) is 0 Å². The first-order chi connectivity index (χ1) is 11.3. The van der Waals surface area contributed by atoms with Crippen molar-refractivity contribution < 1.29 is 13.2 Å². The molecule has 0 saturated heterocycles. The molecule has 0 aliphatic heterocycles. The van der Waals surface area contributed by atoms with E-state index in [2.05, 4.69) is 15.0 Å². The molecule has 2 rings (SSSR count). The third kappa shape index (κ3) is 5.66. The highest BCUT2D eigenvalue weighted by Crippen LogP contribution is 2.23. The Labute approximate surface area is 142 Å². The average molecular weight is 347 g/mol. The number of anilines is 1. The second-order valence-electron chi connectivity index (χ2n) is 5.61. The minimum Gasteiger partial charge on any atom is -0.349 e. The molecule has 2 aromatic rings. The lowest BCUT2D eigenvalue weighted by molar-refractivity contribution is -0.121. The van der Waals surface area contributed by atoms with E-state index in [1.165, 1.54) is 0 Å². The molecule has 128 valence electrons. The lowest BCUT2D eigenvalue weighted by atomic mass is 10.1. The van der Waals surface area contributed by atoms with Crippen LogP contribution in [0.3, 0.4) is 0 Å². The molecule has 2 N–H and O–H groups in total. The number of sulfonamides is 1. The van der Waals surface area contributed by atoms with Crippen LogP contribution in [0.5, 0.6) is 0 Å². The van der Waals surface area contributed by atoms with Gasteiger partial charge in [0, 0.05) is 18.8 Å². The first-order valence-electron chi connectivity index (χ1n) is 7.60. The van der Waals surface area contributed by atoms with Gasteiger partial charge in [0.1, 0.15) is 0 Å². The van der Waals surface area contributed by atoms with Crippen molar-refractivity contribution in [1.29, 1.82) is 0 Å². The van der Waals surface area contributed by atoms with E-state index >= 15 is 0 Å². The average Bonchev–Trinajstić information content (AvgIpc) is 2.53. The Kier molecular flexibility index (Phi) is 5.92. The number of carbonyl (C=O) groups is 1. The normalized spacial score (nSPS) is 12.4. The van der Waals surface area contributed by atoms with Crippen molar-refractivity contribution in [3.8, 4) is 0 Å². The second kappa shape index (κ2) is 7.92. The molecule has 0 saturated carbocycles. The standard InChI is InChI=1S/C17H21N3O3S/c1-13(15-7-3-4-8-16(15)20-24(2,22)23)19-17(21)10-9-14-6-5-11-18-12-14/h3-8,11-13,20H,9-10H2,1-2H3,(H,19,21). The van der Waals surface area contributed by atoms with Crippen LogP contribution in [0.2, 0.25) is 0 Å². The van der Waals surface area contributed by atoms with Crippen LogP contribution in [0.15, 0.2) is 48.8 Å². The Morgan fingerprint density at radius 3 is 2.62 bits per heavy atom. The highest BCUT2D eigenvalue weighted by molar-refractivity contribution is 7.92. The van der Waals surface area contributed by atoms with Gasteiger partial charge in [-0.1, -0.05) is 24.3 Å². The summed E-state index contributed by atoms with van der Waals surface area (Å²) in [6, 6.07) is 10.5. The molecule has 24 heavy (non-hydrogen) atoms. The molecular weight excluding hydrogens is 326 g/mol. The molecule has 1 atom stereocenters. The minimum absolute atomic E-state index is 0.0967. The number of hydrogen-bond acceptors (Lipinski definition) is 4. The van der Waals surface area contributed by atoms with Gasteiger partial charge in [0.25, 0.3) is 0 Å². The highest BCUT2D eigenvalue weighted by atomic mass is 32.2. The van der Waals surface area contributed by atoms with Gasteiger partial charge >= 0.3 is 0 Å². The monoisotopic (exact) mass is 347 g/mol. The van der Waals surface area contributed by atoms with Crippen LogP contribution < -0.4 is 10.0 Å². The topological polar surface area (TPSA) is 88.2 Å². The van der Waals surface area contributed by atoms with E-state index in [0.29, 0.717) is 18.5 Å². The van der Waals surface area contributed by atoms with E-state index < -0.39 is 10.0 Å². The van der Waals surface area contributed by atoms with Gasteiger partial charge in [-0.05, 0) is 36.6 Å². The molecule has 1 unspecified atom stereocenters. The van der Waals surface area contributed by atoms with Crippen molar-refractivity contribution in [2.45, 2.75) is 25.8 Å². The van der Waals surface area contributed by atoms with Gasteiger partial charge in [-0.2, -0.15) is 0 Å². The number of nitrogens with one attached hydrogen (secondary N) is 2. The van der Waals surface area contributed by atoms with Crippen LogP contribution in [-0.2, 0) is 21.2 Å². The molecule has 0 spiro atoms. The third-order valence-corrected chi connectivity index (χ3v) is 4.05. The molecule has 1 aromatic carbocycles. The van der Waals surface area contributed by atoms with E-state index in [1.807, 2.05) is 19.1 Å². The fourth-order valence-corrected chi connectivity index (χ4v) is 2.95. The minimum atomic E-state index is -3.38. The summed E-state index contributed by atoms with van der Waals surface area (Å²) in [5, 5.41) is 2.90. The number of benzene rings is 1. The molecule has 7 heteroatoms. The fraction of sp³-hybridized carbons (Fsp3) is 0.294. The van der Waals surface area contributed by atoms with E-state index in [4.69, 9.17) is 0 Å². The van der Waals surface area contributed by atoms with Crippen LogP contribution in [-0.4, -0.2) is 25.6 Å². The van der Waals surface area contributed by atoms with Gasteiger partial charge in [-0.25, -0.2) is 8.42 Å². The van der Waals surface area contributed by atoms with Crippen molar-refractivity contribution in [1.82, 2.24) is 10.3 Å². The van der Waals surface area contributed by atoms with Crippen molar-refractivity contribution >= 4 is 21.6 Å². The van der Waals surface area contributed by atoms with Gasteiger partial charge in [-0.3, -0.25) is 14.5 Å². The molecular formula is C17H21N3O3S. The van der Waals surface area contributed by atoms with Crippen LogP contribution >= 0.6 is 0 Å². The molecule has 0 aliphatic carbocycles. The van der Waals surface area contributed by atoms with Crippen LogP contribution in [0.4, 0.5) is 5.69 Å².